The molecule has 7 heteroatoms. The number of unbranched alkanes of at least 4 members (excludes halogenated alkanes) is 11. The number of nitrogens with zero attached hydrogens (tertiary/aromatic N) is 1. The van der Waals surface area contributed by atoms with Crippen LogP contribution in [0.3, 0.4) is 0 Å². The number of carbonyl (C=O) groups excluding carboxylic acids is 1. The van der Waals surface area contributed by atoms with Gasteiger partial charge in [0.05, 0.1) is 23.1 Å². The van der Waals surface area contributed by atoms with E-state index >= 15 is 0 Å². The summed E-state index contributed by atoms with van der Waals surface area (Å²) in [6, 6.07) is 13.3. The van der Waals surface area contributed by atoms with Crippen molar-refractivity contribution < 1.29 is 9.53 Å². The van der Waals surface area contributed by atoms with Gasteiger partial charge in [-0.2, -0.15) is 0 Å². The van der Waals surface area contributed by atoms with Crippen molar-refractivity contribution in [2.75, 3.05) is 17.8 Å². The van der Waals surface area contributed by atoms with Gasteiger partial charge in [0.1, 0.15) is 5.75 Å². The Balaban J connectivity index is 0.00000507. The summed E-state index contributed by atoms with van der Waals surface area (Å²) < 4.78 is 5.88. The van der Waals surface area contributed by atoms with Crippen LogP contribution in [0.4, 0.5) is 5.69 Å². The van der Waals surface area contributed by atoms with E-state index in [4.69, 9.17) is 16.3 Å². The quantitative estimate of drug-likeness (QED) is 0.168. The van der Waals surface area contributed by atoms with E-state index in [1.54, 1.807) is 23.9 Å². The van der Waals surface area contributed by atoms with Crippen molar-refractivity contribution in [1.82, 2.24) is 4.90 Å². The van der Waals surface area contributed by atoms with Crippen molar-refractivity contribution in [2.24, 2.45) is 0 Å². The smallest absolute Gasteiger partial charge is 0.257 e. The summed E-state index contributed by atoms with van der Waals surface area (Å²) in [5.74, 6) is 1.45. The Hall–Kier alpha value is -1.63. The molecule has 2 aromatic rings. The van der Waals surface area contributed by atoms with Gasteiger partial charge in [0.2, 0.25) is 0 Å². The zero-order chi connectivity index (χ0) is 26.1. The molecule has 1 aliphatic heterocycles. The van der Waals surface area contributed by atoms with Crippen molar-refractivity contribution in [3.8, 4) is 5.75 Å². The van der Waals surface area contributed by atoms with Gasteiger partial charge in [-0.25, -0.2) is 0 Å². The molecule has 0 saturated carbocycles. The third-order valence-corrected chi connectivity index (χ3v) is 7.74. The number of nitrogens with one attached hydrogen (secondary N) is 1. The first-order valence-corrected chi connectivity index (χ1v) is 15.4. The number of amides is 1. The van der Waals surface area contributed by atoms with Crippen molar-refractivity contribution >= 4 is 51.9 Å². The molecule has 0 unspecified atom stereocenters. The van der Waals surface area contributed by atoms with Gasteiger partial charge >= 0.3 is 0 Å². The lowest BCUT2D eigenvalue weighted by atomic mass is 10.1. The van der Waals surface area contributed by atoms with Crippen LogP contribution in [-0.4, -0.2) is 23.3 Å². The highest BCUT2D eigenvalue weighted by Crippen LogP contribution is 2.25. The maximum atomic E-state index is 12.8. The van der Waals surface area contributed by atoms with E-state index < -0.39 is 0 Å². The Kier molecular flexibility index (Phi) is 16.7. The molecule has 1 N–H and O–H groups in total. The summed E-state index contributed by atoms with van der Waals surface area (Å²) in [6.45, 7) is 3.77. The molecule has 38 heavy (non-hydrogen) atoms. The predicted molar refractivity (Wildman–Crippen MR) is 170 cm³/mol. The minimum absolute atomic E-state index is 0. The topological polar surface area (TPSA) is 41.6 Å². The first kappa shape index (κ1) is 32.6. The first-order chi connectivity index (χ1) is 18.2. The summed E-state index contributed by atoms with van der Waals surface area (Å²) in [7, 11) is 0. The number of hydrogen-bond donors (Lipinski definition) is 1. The number of hydrogen-bond acceptors (Lipinski definition) is 4. The summed E-state index contributed by atoms with van der Waals surface area (Å²) in [6.07, 6.45) is 18.0. The van der Waals surface area contributed by atoms with Gasteiger partial charge in [-0.05, 0) is 47.7 Å². The van der Waals surface area contributed by atoms with E-state index in [0.29, 0.717) is 22.9 Å². The molecule has 0 spiro atoms. The number of ether oxygens (including phenoxy) is 1. The van der Waals surface area contributed by atoms with E-state index in [1.165, 1.54) is 70.6 Å². The summed E-state index contributed by atoms with van der Waals surface area (Å²) in [5.41, 5.74) is 2.36. The molecule has 0 fully saturated rings. The standard InChI is InChI=1S/C31H43ClN2O2S.BrH/c1-2-3-4-5-6-7-8-9-10-11-12-13-20-36-28-17-18-29(30(32)23-28)31(35)33-27-16-14-15-26(22-27)24-34-19-21-37-25-34;/h14-19,21-23H,2-13,20,24-25H2,1H3,(H,33,35);1H. The van der Waals surface area contributed by atoms with Gasteiger partial charge in [-0.3, -0.25) is 4.79 Å². The Morgan fingerprint density at radius 1 is 0.947 bits per heavy atom. The molecule has 1 amide bonds. The average molecular weight is 624 g/mol. The second kappa shape index (κ2) is 19.4. The van der Waals surface area contributed by atoms with Crippen LogP contribution in [-0.2, 0) is 6.54 Å². The summed E-state index contributed by atoms with van der Waals surface area (Å²) in [5, 5.41) is 5.47. The monoisotopic (exact) mass is 622 g/mol. The van der Waals surface area contributed by atoms with E-state index in [9.17, 15) is 4.79 Å². The van der Waals surface area contributed by atoms with Gasteiger partial charge in [0.15, 0.2) is 0 Å². The fourth-order valence-electron chi connectivity index (χ4n) is 4.49. The Morgan fingerprint density at radius 2 is 1.63 bits per heavy atom. The number of anilines is 1. The lowest BCUT2D eigenvalue weighted by molar-refractivity contribution is 0.102. The third-order valence-electron chi connectivity index (χ3n) is 6.63. The van der Waals surface area contributed by atoms with Crippen molar-refractivity contribution in [2.45, 2.75) is 90.5 Å². The van der Waals surface area contributed by atoms with E-state index in [-0.39, 0.29) is 22.9 Å². The highest BCUT2D eigenvalue weighted by atomic mass is 79.9. The zero-order valence-corrected chi connectivity index (χ0v) is 26.0. The SMILES string of the molecule is Br.CCCCCCCCCCCCCCOc1ccc(C(=O)Nc2cccc(CN3C=CSC3)c2)c(Cl)c1. The van der Waals surface area contributed by atoms with E-state index in [1.807, 2.05) is 24.3 Å². The van der Waals surface area contributed by atoms with Crippen LogP contribution in [0.25, 0.3) is 0 Å². The van der Waals surface area contributed by atoms with Crippen molar-refractivity contribution in [3.05, 3.63) is 70.2 Å². The Bertz CT molecular complexity index is 988. The zero-order valence-electron chi connectivity index (χ0n) is 22.8. The summed E-state index contributed by atoms with van der Waals surface area (Å²) >= 11 is 8.22. The van der Waals surface area contributed by atoms with Crippen LogP contribution < -0.4 is 10.1 Å². The molecule has 1 heterocycles. The molecule has 0 radical (unpaired) electrons. The molecular weight excluding hydrogens is 580 g/mol. The minimum Gasteiger partial charge on any atom is -0.494 e. The fraction of sp³-hybridized carbons (Fsp3) is 0.516. The predicted octanol–water partition coefficient (Wildman–Crippen LogP) is 10.2. The molecule has 0 aliphatic carbocycles. The molecule has 1 aliphatic rings. The summed E-state index contributed by atoms with van der Waals surface area (Å²) in [4.78, 5) is 15.1. The van der Waals surface area contributed by atoms with Gasteiger partial charge in [-0.1, -0.05) is 101 Å². The maximum Gasteiger partial charge on any atom is 0.257 e. The molecule has 4 nitrogen and oxygen atoms in total. The molecule has 0 bridgehead atoms. The number of thioether (sulfide) groups is 1. The number of rotatable bonds is 18. The van der Waals surface area contributed by atoms with Gasteiger partial charge < -0.3 is 15.0 Å². The van der Waals surface area contributed by atoms with Crippen molar-refractivity contribution in [3.63, 3.8) is 0 Å². The number of halogens is 2. The van der Waals surface area contributed by atoms with Crippen LogP contribution in [0.2, 0.25) is 5.02 Å². The molecular formula is C31H44BrClN2O2S. The molecule has 2 aromatic carbocycles. The highest BCUT2D eigenvalue weighted by molar-refractivity contribution is 8.93. The lowest BCUT2D eigenvalue weighted by Crippen LogP contribution is -2.14. The number of benzene rings is 2. The van der Waals surface area contributed by atoms with Crippen LogP contribution >= 0.6 is 40.3 Å². The largest absolute Gasteiger partial charge is 0.494 e. The van der Waals surface area contributed by atoms with Crippen molar-refractivity contribution in [1.29, 1.82) is 0 Å². The molecule has 210 valence electrons. The molecule has 0 saturated heterocycles. The first-order valence-electron chi connectivity index (χ1n) is 14.0. The second-order valence-electron chi connectivity index (χ2n) is 9.86. The number of carbonyl (C=O) groups is 1. The molecule has 3 rings (SSSR count). The third kappa shape index (κ3) is 12.5. The fourth-order valence-corrected chi connectivity index (χ4v) is 5.46. The van der Waals surface area contributed by atoms with Gasteiger partial charge in [0, 0.05) is 18.4 Å². The Labute approximate surface area is 249 Å². The average Bonchev–Trinajstić information content (AvgIpc) is 3.40. The van der Waals surface area contributed by atoms with Gasteiger partial charge in [0.25, 0.3) is 5.91 Å². The second-order valence-corrected chi connectivity index (χ2v) is 11.1. The highest BCUT2D eigenvalue weighted by Gasteiger charge is 2.13. The van der Waals surface area contributed by atoms with Crippen LogP contribution in [0, 0.1) is 0 Å². The van der Waals surface area contributed by atoms with Gasteiger partial charge in [-0.15, -0.1) is 28.7 Å². The lowest BCUT2D eigenvalue weighted by Gasteiger charge is -2.15. The molecule has 0 aromatic heterocycles. The molecule has 0 atom stereocenters. The van der Waals surface area contributed by atoms with Crippen LogP contribution in [0.15, 0.2) is 54.1 Å². The van der Waals surface area contributed by atoms with Crippen LogP contribution in [0.1, 0.15) is 99.9 Å². The van der Waals surface area contributed by atoms with Crippen LogP contribution in [0.5, 0.6) is 5.75 Å². The Morgan fingerprint density at radius 3 is 2.26 bits per heavy atom. The minimum atomic E-state index is -0.216. The maximum absolute atomic E-state index is 12.8. The normalized spacial score (nSPS) is 12.4. The van der Waals surface area contributed by atoms with E-state index in [0.717, 1.165) is 30.1 Å². The van der Waals surface area contributed by atoms with E-state index in [2.05, 4.69) is 34.8 Å².